The third-order valence-electron chi connectivity index (χ3n) is 10.4. The first-order valence-corrected chi connectivity index (χ1v) is 13.8. The predicted octanol–water partition coefficient (Wildman–Crippen LogP) is 4.49. The van der Waals surface area contributed by atoms with Crippen LogP contribution in [-0.2, 0) is 9.59 Å². The minimum absolute atomic E-state index is 0.0000798. The lowest BCUT2D eigenvalue weighted by atomic mass is 9.46. The average molecular weight is 537 g/mol. The molecule has 3 saturated carbocycles. The molecule has 0 aliphatic heterocycles. The van der Waals surface area contributed by atoms with Gasteiger partial charge in [0.2, 0.25) is 11.7 Å². The summed E-state index contributed by atoms with van der Waals surface area (Å²) in [6.45, 7) is 5.68. The Kier molecular flexibility index (Phi) is 5.87. The Bertz CT molecular complexity index is 1410. The summed E-state index contributed by atoms with van der Waals surface area (Å²) in [6, 6.07) is 5.16. The van der Waals surface area contributed by atoms with Gasteiger partial charge in [-0.1, -0.05) is 44.0 Å². The summed E-state index contributed by atoms with van der Waals surface area (Å²) in [5.41, 5.74) is -1.16. The van der Waals surface area contributed by atoms with Crippen LogP contribution in [0.2, 0.25) is 5.02 Å². The molecule has 1 aromatic heterocycles. The SMILES string of the molecule is C[C@@H]1CC2C3CCC4=CC(=O)C=CC4(C)C3[C@@H](O)CC2(C)[C@@]1(O)C(=O)COc1ncnc2cc(Cl)ccc12. The third kappa shape index (κ3) is 3.48. The van der Waals surface area contributed by atoms with Crippen molar-refractivity contribution in [3.05, 3.63) is 53.4 Å². The highest BCUT2D eigenvalue weighted by Crippen LogP contribution is 2.68. The summed E-state index contributed by atoms with van der Waals surface area (Å²) < 4.78 is 5.89. The molecule has 2 aromatic rings. The number of rotatable bonds is 4. The van der Waals surface area contributed by atoms with E-state index in [0.717, 1.165) is 18.4 Å². The number of hydrogen-bond donors (Lipinski definition) is 2. The van der Waals surface area contributed by atoms with Crippen LogP contribution in [0.25, 0.3) is 10.9 Å². The van der Waals surface area contributed by atoms with E-state index in [9.17, 15) is 19.8 Å². The Balaban J connectivity index is 1.29. The lowest BCUT2D eigenvalue weighted by molar-refractivity contribution is -0.183. The Morgan fingerprint density at radius 2 is 2.05 bits per heavy atom. The number of carbonyl (C=O) groups excluding carboxylic acids is 2. The Hall–Kier alpha value is -2.61. The first kappa shape index (κ1) is 25.7. The van der Waals surface area contributed by atoms with Gasteiger partial charge >= 0.3 is 0 Å². The standard InChI is InChI=1S/C30H33ClN2O5/c1-16-10-22-20-6-4-17-11-19(34)8-9-28(17,2)26(20)24(35)13-29(22,3)30(16,37)25(36)14-38-27-21-7-5-18(31)12-23(21)32-15-33-27/h5,7-9,11-12,15-16,20,22,24,26,35,37H,4,6,10,13-14H2,1-3H3/t16-,20?,22?,24+,26?,28?,29?,30+/m1/s1. The molecule has 3 fully saturated rings. The van der Waals surface area contributed by atoms with E-state index in [0.29, 0.717) is 28.8 Å². The van der Waals surface area contributed by atoms with Crippen LogP contribution in [0.1, 0.15) is 46.5 Å². The summed E-state index contributed by atoms with van der Waals surface area (Å²) in [5.74, 6) is -0.306. The molecule has 6 rings (SSSR count). The maximum Gasteiger partial charge on any atom is 0.224 e. The Morgan fingerprint density at radius 1 is 1.26 bits per heavy atom. The summed E-state index contributed by atoms with van der Waals surface area (Å²) in [4.78, 5) is 34.3. The Labute approximate surface area is 227 Å². The van der Waals surface area contributed by atoms with Gasteiger partial charge < -0.3 is 14.9 Å². The maximum atomic E-state index is 13.8. The van der Waals surface area contributed by atoms with Crippen molar-refractivity contribution >= 4 is 34.1 Å². The van der Waals surface area contributed by atoms with Gasteiger partial charge in [0, 0.05) is 21.8 Å². The molecule has 8 heteroatoms. The monoisotopic (exact) mass is 536 g/mol. The van der Waals surface area contributed by atoms with E-state index in [1.807, 2.05) is 19.9 Å². The zero-order chi connectivity index (χ0) is 27.0. The fraction of sp³-hybridized carbons (Fsp3) is 0.533. The van der Waals surface area contributed by atoms with Crippen molar-refractivity contribution in [1.29, 1.82) is 0 Å². The van der Waals surface area contributed by atoms with Gasteiger partial charge in [-0.15, -0.1) is 0 Å². The molecular formula is C30H33ClN2O5. The number of hydrogen-bond acceptors (Lipinski definition) is 7. The molecule has 8 atom stereocenters. The van der Waals surface area contributed by atoms with Crippen LogP contribution in [0.15, 0.2) is 48.3 Å². The highest BCUT2D eigenvalue weighted by molar-refractivity contribution is 6.31. The highest BCUT2D eigenvalue weighted by atomic mass is 35.5. The van der Waals surface area contributed by atoms with E-state index in [4.69, 9.17) is 16.3 Å². The average Bonchev–Trinajstić information content (AvgIpc) is 3.08. The van der Waals surface area contributed by atoms with Crippen LogP contribution in [0.5, 0.6) is 5.88 Å². The number of aliphatic hydroxyl groups excluding tert-OH is 1. The molecule has 4 aliphatic rings. The number of carbonyl (C=O) groups is 2. The van der Waals surface area contributed by atoms with Gasteiger partial charge in [0.15, 0.2) is 12.4 Å². The topological polar surface area (TPSA) is 110 Å². The number of Topliss-reactive ketones (excluding diaryl/α,β-unsaturated/α-hetero) is 1. The molecule has 0 bridgehead atoms. The minimum Gasteiger partial charge on any atom is -0.469 e. The van der Waals surface area contributed by atoms with E-state index < -0.39 is 28.3 Å². The highest BCUT2D eigenvalue weighted by Gasteiger charge is 2.70. The number of nitrogens with zero attached hydrogens (tertiary/aromatic N) is 2. The normalized spacial score (nSPS) is 39.8. The van der Waals surface area contributed by atoms with Crippen molar-refractivity contribution in [3.63, 3.8) is 0 Å². The van der Waals surface area contributed by atoms with Crippen molar-refractivity contribution in [1.82, 2.24) is 9.97 Å². The number of ether oxygens (including phenoxy) is 1. The largest absolute Gasteiger partial charge is 0.469 e. The second kappa shape index (κ2) is 8.70. The van der Waals surface area contributed by atoms with E-state index in [2.05, 4.69) is 16.9 Å². The van der Waals surface area contributed by atoms with Gasteiger partial charge in [0.1, 0.15) is 11.9 Å². The number of halogens is 1. The fourth-order valence-electron chi connectivity index (χ4n) is 8.62. The quantitative estimate of drug-likeness (QED) is 0.592. The molecule has 5 unspecified atom stereocenters. The minimum atomic E-state index is -1.65. The van der Waals surface area contributed by atoms with E-state index in [-0.39, 0.29) is 41.9 Å². The lowest BCUT2D eigenvalue weighted by Gasteiger charge is -2.59. The van der Waals surface area contributed by atoms with E-state index in [1.54, 1.807) is 30.4 Å². The van der Waals surface area contributed by atoms with Crippen molar-refractivity contribution in [2.45, 2.75) is 58.2 Å². The third-order valence-corrected chi connectivity index (χ3v) is 10.6. The summed E-state index contributed by atoms with van der Waals surface area (Å²) in [7, 11) is 0. The molecule has 200 valence electrons. The second-order valence-electron chi connectivity index (χ2n) is 12.2. The zero-order valence-electron chi connectivity index (χ0n) is 21.9. The summed E-state index contributed by atoms with van der Waals surface area (Å²) in [5, 5.41) is 25.0. The molecule has 38 heavy (non-hydrogen) atoms. The van der Waals surface area contributed by atoms with Crippen molar-refractivity contribution in [2.75, 3.05) is 6.61 Å². The van der Waals surface area contributed by atoms with Gasteiger partial charge in [-0.05, 0) is 73.8 Å². The first-order chi connectivity index (χ1) is 18.0. The fourth-order valence-corrected chi connectivity index (χ4v) is 8.78. The molecule has 0 amide bonds. The molecule has 0 spiro atoms. The van der Waals surface area contributed by atoms with Gasteiger partial charge in [0.05, 0.1) is 17.0 Å². The first-order valence-electron chi connectivity index (χ1n) is 13.4. The van der Waals surface area contributed by atoms with Crippen LogP contribution in [0.4, 0.5) is 0 Å². The van der Waals surface area contributed by atoms with E-state index in [1.165, 1.54) is 6.33 Å². The van der Waals surface area contributed by atoms with Crippen molar-refractivity contribution < 1.29 is 24.5 Å². The van der Waals surface area contributed by atoms with Gasteiger partial charge in [0.25, 0.3) is 0 Å². The zero-order valence-corrected chi connectivity index (χ0v) is 22.6. The molecule has 1 heterocycles. The smallest absolute Gasteiger partial charge is 0.224 e. The molecule has 0 saturated heterocycles. The van der Waals surface area contributed by atoms with Crippen LogP contribution < -0.4 is 4.74 Å². The lowest BCUT2D eigenvalue weighted by Crippen LogP contribution is -2.63. The van der Waals surface area contributed by atoms with Gasteiger partial charge in [-0.25, -0.2) is 9.97 Å². The van der Waals surface area contributed by atoms with Gasteiger partial charge in [-0.2, -0.15) is 0 Å². The molecule has 1 aromatic carbocycles. The second-order valence-corrected chi connectivity index (χ2v) is 12.6. The predicted molar refractivity (Wildman–Crippen MR) is 143 cm³/mol. The van der Waals surface area contributed by atoms with Gasteiger partial charge in [-0.3, -0.25) is 9.59 Å². The molecule has 0 radical (unpaired) electrons. The molecule has 2 N–H and O–H groups in total. The number of fused-ring (bicyclic) bond motifs is 6. The van der Waals surface area contributed by atoms with Crippen molar-refractivity contribution in [3.8, 4) is 5.88 Å². The number of aromatic nitrogens is 2. The van der Waals surface area contributed by atoms with Crippen LogP contribution in [-0.4, -0.2) is 50.1 Å². The van der Waals surface area contributed by atoms with Crippen molar-refractivity contribution in [2.24, 2.45) is 34.5 Å². The van der Waals surface area contributed by atoms with Crippen LogP contribution in [0, 0.1) is 34.5 Å². The molecule has 4 aliphatic carbocycles. The maximum absolute atomic E-state index is 13.8. The number of aliphatic hydroxyl groups is 2. The summed E-state index contributed by atoms with van der Waals surface area (Å²) >= 11 is 6.08. The Morgan fingerprint density at radius 3 is 2.84 bits per heavy atom. The van der Waals surface area contributed by atoms with Crippen LogP contribution in [0.3, 0.4) is 0 Å². The van der Waals surface area contributed by atoms with E-state index >= 15 is 0 Å². The number of allylic oxidation sites excluding steroid dienone is 4. The van der Waals surface area contributed by atoms with Crippen LogP contribution >= 0.6 is 11.6 Å². The molecular weight excluding hydrogens is 504 g/mol. The summed E-state index contributed by atoms with van der Waals surface area (Å²) in [6.07, 6.45) is 8.58. The molecule has 7 nitrogen and oxygen atoms in total. The number of ketones is 2. The number of benzene rings is 1.